The van der Waals surface area contributed by atoms with Crippen molar-refractivity contribution in [3.05, 3.63) is 91.8 Å². The predicted molar refractivity (Wildman–Crippen MR) is 123 cm³/mol. The standard InChI is InChI=1S/C23H21N3O5S/c24-9-8-16-12-25(13-19-5-7-22(32-19)23(27)28)21-6-4-18(11-20(16)21)31-14-15-2-1-3-17(10-15)26(29)30/h1-7,10-12H,8-9,13-14,24H2,(H,27,28). The van der Waals surface area contributed by atoms with Gasteiger partial charge >= 0.3 is 5.97 Å². The van der Waals surface area contributed by atoms with Crippen LogP contribution in [0.2, 0.25) is 0 Å². The van der Waals surface area contributed by atoms with Crippen molar-refractivity contribution in [1.29, 1.82) is 0 Å². The molecule has 2 aromatic heterocycles. The molecule has 0 fully saturated rings. The SMILES string of the molecule is NCCc1cn(Cc2ccc(C(=O)O)s2)c2ccc(OCc3cccc([N+](=O)[O-])c3)cc12. The number of benzene rings is 2. The van der Waals surface area contributed by atoms with E-state index in [0.717, 1.165) is 21.3 Å². The van der Waals surface area contributed by atoms with Gasteiger partial charge in [-0.15, -0.1) is 11.3 Å². The van der Waals surface area contributed by atoms with Gasteiger partial charge in [0.15, 0.2) is 0 Å². The molecule has 0 saturated carbocycles. The van der Waals surface area contributed by atoms with Crippen molar-refractivity contribution in [1.82, 2.24) is 4.57 Å². The second-order valence-electron chi connectivity index (χ2n) is 7.29. The van der Waals surface area contributed by atoms with Crippen molar-refractivity contribution in [2.24, 2.45) is 5.73 Å². The number of fused-ring (bicyclic) bond motifs is 1. The minimum Gasteiger partial charge on any atom is -0.489 e. The van der Waals surface area contributed by atoms with Gasteiger partial charge in [0.25, 0.3) is 5.69 Å². The molecular formula is C23H21N3O5S. The summed E-state index contributed by atoms with van der Waals surface area (Å²) in [5.41, 5.74) is 8.63. The number of hydrogen-bond donors (Lipinski definition) is 2. The first kappa shape index (κ1) is 21.5. The van der Waals surface area contributed by atoms with Crippen molar-refractivity contribution in [2.75, 3.05) is 6.54 Å². The number of carbonyl (C=O) groups is 1. The Bertz CT molecular complexity index is 1290. The van der Waals surface area contributed by atoms with Crippen molar-refractivity contribution >= 4 is 33.9 Å². The summed E-state index contributed by atoms with van der Waals surface area (Å²) in [6, 6.07) is 15.6. The first-order valence-corrected chi connectivity index (χ1v) is 10.8. The van der Waals surface area contributed by atoms with Gasteiger partial charge in [0.2, 0.25) is 0 Å². The molecule has 0 atom stereocenters. The molecule has 0 radical (unpaired) electrons. The van der Waals surface area contributed by atoms with Gasteiger partial charge in [-0.05, 0) is 54.4 Å². The van der Waals surface area contributed by atoms with Gasteiger partial charge in [-0.1, -0.05) is 12.1 Å². The molecule has 164 valence electrons. The first-order valence-electron chi connectivity index (χ1n) is 9.94. The third-order valence-corrected chi connectivity index (χ3v) is 6.13. The maximum atomic E-state index is 11.2. The van der Waals surface area contributed by atoms with Crippen LogP contribution in [-0.4, -0.2) is 27.1 Å². The third kappa shape index (κ3) is 4.63. The Morgan fingerprint density at radius 3 is 2.75 bits per heavy atom. The van der Waals surface area contributed by atoms with Gasteiger partial charge in [-0.3, -0.25) is 10.1 Å². The first-order chi connectivity index (χ1) is 15.4. The summed E-state index contributed by atoms with van der Waals surface area (Å²) in [6.45, 7) is 1.28. The van der Waals surface area contributed by atoms with E-state index in [1.807, 2.05) is 30.5 Å². The van der Waals surface area contributed by atoms with Gasteiger partial charge in [-0.2, -0.15) is 0 Å². The molecule has 0 amide bonds. The number of carboxylic acids is 1. The second-order valence-corrected chi connectivity index (χ2v) is 8.45. The van der Waals surface area contributed by atoms with E-state index in [-0.39, 0.29) is 12.3 Å². The van der Waals surface area contributed by atoms with Gasteiger partial charge in [-0.25, -0.2) is 4.79 Å². The molecule has 2 aromatic carbocycles. The number of thiophene rings is 1. The molecule has 0 aliphatic rings. The molecule has 0 unspecified atom stereocenters. The van der Waals surface area contributed by atoms with Crippen LogP contribution in [0.3, 0.4) is 0 Å². The molecule has 4 aromatic rings. The van der Waals surface area contributed by atoms with Crippen LogP contribution in [0.5, 0.6) is 5.75 Å². The van der Waals surface area contributed by atoms with Crippen molar-refractivity contribution in [3.63, 3.8) is 0 Å². The lowest BCUT2D eigenvalue weighted by molar-refractivity contribution is -0.384. The largest absolute Gasteiger partial charge is 0.489 e. The summed E-state index contributed by atoms with van der Waals surface area (Å²) in [4.78, 5) is 23.0. The molecule has 2 heterocycles. The van der Waals surface area contributed by atoms with Crippen LogP contribution in [-0.2, 0) is 19.6 Å². The number of nitro groups is 1. The fraction of sp³-hybridized carbons (Fsp3) is 0.174. The molecule has 32 heavy (non-hydrogen) atoms. The van der Waals surface area contributed by atoms with E-state index in [1.54, 1.807) is 18.2 Å². The van der Waals surface area contributed by atoms with Crippen LogP contribution in [0.25, 0.3) is 10.9 Å². The molecule has 0 saturated heterocycles. The molecule has 0 bridgehead atoms. The van der Waals surface area contributed by atoms with E-state index in [0.29, 0.717) is 35.7 Å². The fourth-order valence-corrected chi connectivity index (χ4v) is 4.44. The Morgan fingerprint density at radius 1 is 1.19 bits per heavy atom. The number of rotatable bonds is 9. The van der Waals surface area contributed by atoms with Crippen LogP contribution in [0.1, 0.15) is 25.7 Å². The Balaban J connectivity index is 1.58. The van der Waals surface area contributed by atoms with Crippen molar-refractivity contribution < 1.29 is 19.6 Å². The van der Waals surface area contributed by atoms with Crippen LogP contribution in [0.4, 0.5) is 5.69 Å². The molecule has 8 nitrogen and oxygen atoms in total. The predicted octanol–water partition coefficient (Wildman–Crippen LogP) is 4.44. The zero-order valence-corrected chi connectivity index (χ0v) is 17.9. The van der Waals surface area contributed by atoms with E-state index in [1.165, 1.54) is 23.5 Å². The van der Waals surface area contributed by atoms with Crippen molar-refractivity contribution in [2.45, 2.75) is 19.6 Å². The molecular weight excluding hydrogens is 430 g/mol. The van der Waals surface area contributed by atoms with E-state index < -0.39 is 10.9 Å². The van der Waals surface area contributed by atoms with E-state index in [4.69, 9.17) is 15.6 Å². The van der Waals surface area contributed by atoms with Crippen LogP contribution in [0, 0.1) is 10.1 Å². The zero-order valence-electron chi connectivity index (χ0n) is 17.1. The molecule has 3 N–H and O–H groups in total. The summed E-state index contributed by atoms with van der Waals surface area (Å²) >= 11 is 1.26. The minimum atomic E-state index is -0.923. The quantitative estimate of drug-likeness (QED) is 0.287. The second kappa shape index (κ2) is 9.21. The van der Waals surface area contributed by atoms with Crippen LogP contribution < -0.4 is 10.5 Å². The molecule has 0 spiro atoms. The van der Waals surface area contributed by atoms with E-state index >= 15 is 0 Å². The Morgan fingerprint density at radius 2 is 2.03 bits per heavy atom. The van der Waals surface area contributed by atoms with Gasteiger partial charge in [0, 0.05) is 34.1 Å². The maximum Gasteiger partial charge on any atom is 0.345 e. The van der Waals surface area contributed by atoms with Crippen LogP contribution in [0.15, 0.2) is 60.8 Å². The number of non-ortho nitro benzene ring substituents is 1. The normalized spacial score (nSPS) is 11.0. The maximum absolute atomic E-state index is 11.2. The van der Waals surface area contributed by atoms with Gasteiger partial charge in [0.1, 0.15) is 17.2 Å². The lowest BCUT2D eigenvalue weighted by atomic mass is 10.1. The summed E-state index contributed by atoms with van der Waals surface area (Å²) in [7, 11) is 0. The monoisotopic (exact) mass is 451 g/mol. The van der Waals surface area contributed by atoms with E-state index in [2.05, 4.69) is 4.57 Å². The summed E-state index contributed by atoms with van der Waals surface area (Å²) in [5.74, 6) is -0.266. The highest BCUT2D eigenvalue weighted by atomic mass is 32.1. The highest BCUT2D eigenvalue weighted by molar-refractivity contribution is 7.13. The average Bonchev–Trinajstić information content (AvgIpc) is 3.38. The smallest absolute Gasteiger partial charge is 0.345 e. The number of aromatic nitrogens is 1. The highest BCUT2D eigenvalue weighted by Gasteiger charge is 2.13. The number of nitro benzene ring substituents is 1. The summed E-state index contributed by atoms with van der Waals surface area (Å²) < 4.78 is 7.98. The zero-order chi connectivity index (χ0) is 22.7. The lowest BCUT2D eigenvalue weighted by Crippen LogP contribution is -2.02. The topological polar surface area (TPSA) is 121 Å². The number of nitrogens with two attached hydrogens (primary N) is 1. The lowest BCUT2D eigenvalue weighted by Gasteiger charge is -2.08. The molecule has 0 aliphatic carbocycles. The number of nitrogens with zero attached hydrogens (tertiary/aromatic N) is 2. The van der Waals surface area contributed by atoms with Crippen LogP contribution >= 0.6 is 11.3 Å². The van der Waals surface area contributed by atoms with Crippen molar-refractivity contribution in [3.8, 4) is 5.75 Å². The Labute approximate surface area is 187 Å². The number of aromatic carboxylic acids is 1. The summed E-state index contributed by atoms with van der Waals surface area (Å²) in [5, 5.41) is 21.1. The van der Waals surface area contributed by atoms with Gasteiger partial charge < -0.3 is 20.1 Å². The third-order valence-electron chi connectivity index (χ3n) is 5.07. The Hall–Kier alpha value is -3.69. The fourth-order valence-electron chi connectivity index (χ4n) is 3.60. The number of hydrogen-bond acceptors (Lipinski definition) is 6. The molecule has 9 heteroatoms. The Kier molecular flexibility index (Phi) is 6.20. The minimum absolute atomic E-state index is 0.0310. The van der Waals surface area contributed by atoms with E-state index in [9.17, 15) is 14.9 Å². The molecule has 0 aliphatic heterocycles. The highest BCUT2D eigenvalue weighted by Crippen LogP contribution is 2.29. The number of carboxylic acid groups (broad SMARTS) is 1. The average molecular weight is 452 g/mol. The molecule has 4 rings (SSSR count). The number of ether oxygens (including phenoxy) is 1. The van der Waals surface area contributed by atoms with Gasteiger partial charge in [0.05, 0.1) is 11.5 Å². The summed E-state index contributed by atoms with van der Waals surface area (Å²) in [6.07, 6.45) is 2.74.